The lowest BCUT2D eigenvalue weighted by molar-refractivity contribution is -0.137. The fourth-order valence-corrected chi connectivity index (χ4v) is 4.84. The van der Waals surface area contributed by atoms with Crippen LogP contribution in [0.1, 0.15) is 0 Å². The number of nitrogens with zero attached hydrogens (tertiary/aromatic N) is 1. The maximum Gasteiger partial charge on any atom is 0.261 e. The molecular weight excluding hydrogens is 444 g/mol. The number of rotatable bonds is 6. The fourth-order valence-electron chi connectivity index (χ4n) is 3.75. The summed E-state index contributed by atoms with van der Waals surface area (Å²) >= 11 is 0. The molecule has 0 bridgehead atoms. The van der Waals surface area contributed by atoms with Crippen molar-refractivity contribution in [2.75, 3.05) is 37.6 Å². The zero-order valence-electron chi connectivity index (χ0n) is 17.7. The van der Waals surface area contributed by atoms with E-state index in [0.717, 1.165) is 10.8 Å². The van der Waals surface area contributed by atoms with Gasteiger partial charge in [0.25, 0.3) is 15.9 Å². The monoisotopic (exact) mass is 466 g/mol. The van der Waals surface area contributed by atoms with Crippen molar-refractivity contribution in [3.63, 3.8) is 0 Å². The highest BCUT2D eigenvalue weighted by Gasteiger charge is 2.18. The molecule has 0 radical (unpaired) electrons. The van der Waals surface area contributed by atoms with Crippen LogP contribution in [0.4, 0.5) is 5.69 Å². The molecule has 5 rings (SSSR count). The largest absolute Gasteiger partial charge is 0.484 e. The molecule has 1 saturated heterocycles. The molecule has 0 atom stereocenters. The van der Waals surface area contributed by atoms with Crippen molar-refractivity contribution in [2.45, 2.75) is 4.90 Å². The number of para-hydroxylation sites is 1. The topological polar surface area (TPSA) is 98.1 Å². The summed E-state index contributed by atoms with van der Waals surface area (Å²) in [6, 6.07) is 18.7. The van der Waals surface area contributed by atoms with Gasteiger partial charge in [-0.05, 0) is 48.5 Å². The first-order valence-corrected chi connectivity index (χ1v) is 12.0. The Bertz CT molecular complexity index is 1410. The number of benzene rings is 3. The first-order chi connectivity index (χ1) is 16.0. The lowest BCUT2D eigenvalue weighted by Crippen LogP contribution is -2.42. The second-order valence-corrected chi connectivity index (χ2v) is 9.35. The number of carbonyl (C=O) groups is 1. The number of hydrogen-bond acceptors (Lipinski definition) is 6. The van der Waals surface area contributed by atoms with E-state index in [4.69, 9.17) is 13.9 Å². The molecule has 33 heavy (non-hydrogen) atoms. The number of morpholine rings is 1. The van der Waals surface area contributed by atoms with Crippen molar-refractivity contribution < 1.29 is 27.1 Å². The molecule has 0 spiro atoms. The standard InChI is InChI=1S/C24H22N2O6S/c27-24(26-11-13-30-14-12-26)16-31-18-7-5-17(6-8-18)25-33(28,29)19-9-10-23-21(15-19)20-3-1-2-4-22(20)32-23/h1-10,15,25H,11-14,16H2. The van der Waals surface area contributed by atoms with Crippen molar-refractivity contribution in [1.82, 2.24) is 4.90 Å². The van der Waals surface area contributed by atoms with E-state index in [9.17, 15) is 13.2 Å². The van der Waals surface area contributed by atoms with Crippen LogP contribution in [-0.4, -0.2) is 52.1 Å². The zero-order chi connectivity index (χ0) is 22.8. The quantitative estimate of drug-likeness (QED) is 0.466. The van der Waals surface area contributed by atoms with Crippen LogP contribution in [-0.2, 0) is 19.6 Å². The maximum absolute atomic E-state index is 12.9. The number of nitrogens with one attached hydrogen (secondary N) is 1. The van der Waals surface area contributed by atoms with Crippen LogP contribution < -0.4 is 9.46 Å². The third-order valence-corrected chi connectivity index (χ3v) is 6.87. The average Bonchev–Trinajstić information content (AvgIpc) is 3.22. The van der Waals surface area contributed by atoms with E-state index in [1.165, 1.54) is 6.07 Å². The highest BCUT2D eigenvalue weighted by Crippen LogP contribution is 2.31. The van der Waals surface area contributed by atoms with Crippen molar-refractivity contribution in [3.8, 4) is 5.75 Å². The Morgan fingerprint density at radius 1 is 0.939 bits per heavy atom. The van der Waals surface area contributed by atoms with Crippen LogP contribution in [0.15, 0.2) is 76.0 Å². The predicted molar refractivity (Wildman–Crippen MR) is 124 cm³/mol. The third-order valence-electron chi connectivity index (χ3n) is 5.49. The Morgan fingerprint density at radius 3 is 2.45 bits per heavy atom. The van der Waals surface area contributed by atoms with Crippen molar-refractivity contribution >= 4 is 43.6 Å². The van der Waals surface area contributed by atoms with Gasteiger partial charge in [0.1, 0.15) is 16.9 Å². The van der Waals surface area contributed by atoms with Gasteiger partial charge >= 0.3 is 0 Å². The van der Waals surface area contributed by atoms with Crippen LogP contribution in [0.2, 0.25) is 0 Å². The van der Waals surface area contributed by atoms with E-state index >= 15 is 0 Å². The molecular formula is C24H22N2O6S. The van der Waals surface area contributed by atoms with Crippen LogP contribution >= 0.6 is 0 Å². The van der Waals surface area contributed by atoms with Gasteiger partial charge < -0.3 is 18.8 Å². The average molecular weight is 467 g/mol. The van der Waals surface area contributed by atoms with E-state index in [-0.39, 0.29) is 17.4 Å². The Hall–Kier alpha value is -3.56. The van der Waals surface area contributed by atoms with Crippen LogP contribution in [0.25, 0.3) is 21.9 Å². The van der Waals surface area contributed by atoms with Gasteiger partial charge in [-0.25, -0.2) is 8.42 Å². The molecule has 1 aliphatic rings. The fraction of sp³-hybridized carbons (Fsp3) is 0.208. The number of anilines is 1. The normalized spacial score (nSPS) is 14.5. The molecule has 170 valence electrons. The first-order valence-electron chi connectivity index (χ1n) is 10.5. The molecule has 1 fully saturated rings. The van der Waals surface area contributed by atoms with Crippen LogP contribution in [0.3, 0.4) is 0 Å². The van der Waals surface area contributed by atoms with Crippen molar-refractivity contribution in [1.29, 1.82) is 0 Å². The van der Waals surface area contributed by atoms with E-state index in [1.54, 1.807) is 41.3 Å². The Morgan fingerprint density at radius 2 is 1.67 bits per heavy atom. The molecule has 1 amide bonds. The SMILES string of the molecule is O=C(COc1ccc(NS(=O)(=O)c2ccc3oc4ccccc4c3c2)cc1)N1CCOCC1. The molecule has 9 heteroatoms. The molecule has 1 aromatic heterocycles. The minimum absolute atomic E-state index is 0.0796. The number of furan rings is 1. The van der Waals surface area contributed by atoms with Crippen LogP contribution in [0.5, 0.6) is 5.75 Å². The van der Waals surface area contributed by atoms with Gasteiger partial charge in [-0.15, -0.1) is 0 Å². The number of fused-ring (bicyclic) bond motifs is 3. The van der Waals surface area contributed by atoms with Crippen molar-refractivity contribution in [3.05, 3.63) is 66.7 Å². The third kappa shape index (κ3) is 4.50. The zero-order valence-corrected chi connectivity index (χ0v) is 18.5. The smallest absolute Gasteiger partial charge is 0.261 e. The maximum atomic E-state index is 12.9. The van der Waals surface area contributed by atoms with E-state index < -0.39 is 10.0 Å². The summed E-state index contributed by atoms with van der Waals surface area (Å²) in [5.41, 5.74) is 1.72. The first kappa shape index (κ1) is 21.3. The minimum Gasteiger partial charge on any atom is -0.484 e. The highest BCUT2D eigenvalue weighted by molar-refractivity contribution is 7.92. The Labute approximate surface area is 190 Å². The molecule has 1 aliphatic heterocycles. The summed E-state index contributed by atoms with van der Waals surface area (Å²) in [6.45, 7) is 2.10. The van der Waals surface area contributed by atoms with Gasteiger partial charge in [-0.2, -0.15) is 0 Å². The summed E-state index contributed by atoms with van der Waals surface area (Å²) < 4.78 is 45.0. The van der Waals surface area contributed by atoms with Crippen LogP contribution in [0, 0.1) is 0 Å². The summed E-state index contributed by atoms with van der Waals surface area (Å²) in [4.78, 5) is 14.0. The molecule has 0 aliphatic carbocycles. The highest BCUT2D eigenvalue weighted by atomic mass is 32.2. The molecule has 0 saturated carbocycles. The van der Waals surface area contributed by atoms with Gasteiger partial charge in [0.15, 0.2) is 6.61 Å². The second kappa shape index (κ2) is 8.76. The minimum atomic E-state index is -3.81. The molecule has 8 nitrogen and oxygen atoms in total. The summed E-state index contributed by atoms with van der Waals surface area (Å²) in [5.74, 6) is 0.371. The molecule has 1 N–H and O–H groups in total. The van der Waals surface area contributed by atoms with Gasteiger partial charge in [0.05, 0.1) is 18.1 Å². The van der Waals surface area contributed by atoms with E-state index in [2.05, 4.69) is 4.72 Å². The number of hydrogen-bond donors (Lipinski definition) is 1. The second-order valence-electron chi connectivity index (χ2n) is 7.67. The number of carbonyl (C=O) groups excluding carboxylic acids is 1. The van der Waals surface area contributed by atoms with Gasteiger partial charge in [-0.1, -0.05) is 18.2 Å². The Balaban J connectivity index is 1.27. The summed E-state index contributed by atoms with van der Waals surface area (Å²) in [7, 11) is -3.81. The molecule has 4 aromatic rings. The summed E-state index contributed by atoms with van der Waals surface area (Å²) in [6.07, 6.45) is 0. The lowest BCUT2D eigenvalue weighted by atomic mass is 10.1. The molecule has 0 unspecified atom stereocenters. The molecule has 3 aromatic carbocycles. The number of ether oxygens (including phenoxy) is 2. The molecule has 2 heterocycles. The lowest BCUT2D eigenvalue weighted by Gasteiger charge is -2.26. The van der Waals surface area contributed by atoms with Crippen molar-refractivity contribution in [2.24, 2.45) is 0 Å². The van der Waals surface area contributed by atoms with E-state index in [1.807, 2.05) is 24.3 Å². The van der Waals surface area contributed by atoms with Gasteiger partial charge in [0.2, 0.25) is 0 Å². The van der Waals surface area contributed by atoms with E-state index in [0.29, 0.717) is 48.9 Å². The Kier molecular flexibility index (Phi) is 5.65. The number of sulfonamides is 1. The summed E-state index contributed by atoms with van der Waals surface area (Å²) in [5, 5.41) is 1.60. The predicted octanol–water partition coefficient (Wildman–Crippen LogP) is 3.62. The van der Waals surface area contributed by atoms with Gasteiger partial charge in [-0.3, -0.25) is 9.52 Å². The van der Waals surface area contributed by atoms with Gasteiger partial charge in [0, 0.05) is 29.5 Å². The number of amides is 1.